The third-order valence-electron chi connectivity index (χ3n) is 3.98. The fraction of sp³-hybridized carbons (Fsp3) is 0.353. The Hall–Kier alpha value is -1.45. The van der Waals surface area contributed by atoms with Crippen molar-refractivity contribution in [1.29, 1.82) is 0 Å². The molecule has 0 N–H and O–H groups in total. The van der Waals surface area contributed by atoms with Gasteiger partial charge in [-0.05, 0) is 61.5 Å². The highest BCUT2D eigenvalue weighted by Gasteiger charge is 2.14. The maximum absolute atomic E-state index is 12.3. The van der Waals surface area contributed by atoms with E-state index in [1.165, 1.54) is 37.1 Å². The lowest BCUT2D eigenvalue weighted by Gasteiger charge is -2.16. The first kappa shape index (κ1) is 13.5. The molecular formula is C17H19NOS. The maximum atomic E-state index is 12.3. The van der Waals surface area contributed by atoms with Crippen molar-refractivity contribution < 1.29 is 4.79 Å². The van der Waals surface area contributed by atoms with Crippen LogP contribution in [0.2, 0.25) is 0 Å². The van der Waals surface area contributed by atoms with Crippen molar-refractivity contribution >= 4 is 17.1 Å². The number of likely N-dealkylation sites (tertiary alicyclic amines) is 1. The smallest absolute Gasteiger partial charge is 0.193 e. The molecule has 2 heterocycles. The van der Waals surface area contributed by atoms with E-state index >= 15 is 0 Å². The van der Waals surface area contributed by atoms with Crippen LogP contribution >= 0.6 is 11.3 Å². The topological polar surface area (TPSA) is 20.3 Å². The van der Waals surface area contributed by atoms with Crippen LogP contribution in [0.3, 0.4) is 0 Å². The van der Waals surface area contributed by atoms with Crippen molar-refractivity contribution in [3.63, 3.8) is 0 Å². The largest absolute Gasteiger partial charge is 0.299 e. The molecule has 1 aromatic heterocycles. The van der Waals surface area contributed by atoms with Crippen molar-refractivity contribution in [3.05, 3.63) is 57.3 Å². The van der Waals surface area contributed by atoms with Gasteiger partial charge in [0, 0.05) is 23.1 Å². The van der Waals surface area contributed by atoms with Crippen molar-refractivity contribution in [2.45, 2.75) is 26.3 Å². The lowest BCUT2D eigenvalue weighted by atomic mass is 10.00. The Morgan fingerprint density at radius 1 is 1.20 bits per heavy atom. The Balaban J connectivity index is 1.78. The summed E-state index contributed by atoms with van der Waals surface area (Å²) in [7, 11) is 0. The number of carbonyl (C=O) groups excluding carboxylic acids is 1. The van der Waals surface area contributed by atoms with E-state index in [-0.39, 0.29) is 5.78 Å². The van der Waals surface area contributed by atoms with Crippen LogP contribution < -0.4 is 0 Å². The first-order chi connectivity index (χ1) is 9.74. The second kappa shape index (κ2) is 5.90. The first-order valence-corrected chi connectivity index (χ1v) is 8.07. The summed E-state index contributed by atoms with van der Waals surface area (Å²) in [4.78, 5) is 14.8. The van der Waals surface area contributed by atoms with Gasteiger partial charge in [-0.25, -0.2) is 0 Å². The monoisotopic (exact) mass is 285 g/mol. The molecule has 0 aliphatic carbocycles. The SMILES string of the molecule is Cc1cc(C(=O)c2ccsc2)ccc1CN1CCCC1. The molecule has 3 heteroatoms. The van der Waals surface area contributed by atoms with Crippen LogP contribution in [0.4, 0.5) is 0 Å². The molecule has 104 valence electrons. The standard InChI is InChI=1S/C17H19NOS/c1-13-10-14(17(19)16-6-9-20-12-16)4-5-15(13)11-18-7-2-3-8-18/h4-6,9-10,12H,2-3,7-8,11H2,1H3. The molecule has 0 atom stereocenters. The molecule has 1 saturated heterocycles. The second-order valence-corrected chi connectivity index (χ2v) is 6.25. The van der Waals surface area contributed by atoms with Gasteiger partial charge < -0.3 is 0 Å². The van der Waals surface area contributed by atoms with Gasteiger partial charge in [-0.15, -0.1) is 0 Å². The molecule has 0 bridgehead atoms. The van der Waals surface area contributed by atoms with Gasteiger partial charge in [0.25, 0.3) is 0 Å². The summed E-state index contributed by atoms with van der Waals surface area (Å²) in [5, 5.41) is 3.86. The second-order valence-electron chi connectivity index (χ2n) is 5.47. The average molecular weight is 285 g/mol. The van der Waals surface area contributed by atoms with Crippen LogP contribution in [0.5, 0.6) is 0 Å². The van der Waals surface area contributed by atoms with E-state index in [0.29, 0.717) is 0 Å². The van der Waals surface area contributed by atoms with Gasteiger partial charge in [0.05, 0.1) is 0 Å². The van der Waals surface area contributed by atoms with Gasteiger partial charge in [-0.1, -0.05) is 12.1 Å². The summed E-state index contributed by atoms with van der Waals surface area (Å²) >= 11 is 1.56. The molecule has 1 aromatic carbocycles. The minimum Gasteiger partial charge on any atom is -0.299 e. The van der Waals surface area contributed by atoms with Crippen LogP contribution in [0, 0.1) is 6.92 Å². The first-order valence-electron chi connectivity index (χ1n) is 7.13. The molecule has 2 nitrogen and oxygen atoms in total. The van der Waals surface area contributed by atoms with Crippen molar-refractivity contribution in [3.8, 4) is 0 Å². The quantitative estimate of drug-likeness (QED) is 0.794. The molecule has 1 fully saturated rings. The summed E-state index contributed by atoms with van der Waals surface area (Å²) in [6.45, 7) is 5.53. The van der Waals surface area contributed by atoms with Gasteiger partial charge in [-0.2, -0.15) is 11.3 Å². The van der Waals surface area contributed by atoms with Crippen LogP contribution in [0.25, 0.3) is 0 Å². The predicted octanol–water partition coefficient (Wildman–Crippen LogP) is 3.88. The highest BCUT2D eigenvalue weighted by molar-refractivity contribution is 7.08. The number of ketones is 1. The van der Waals surface area contributed by atoms with Gasteiger partial charge in [0.2, 0.25) is 0 Å². The summed E-state index contributed by atoms with van der Waals surface area (Å²) in [5.74, 6) is 0.127. The lowest BCUT2D eigenvalue weighted by Crippen LogP contribution is -2.19. The Morgan fingerprint density at radius 3 is 2.65 bits per heavy atom. The zero-order valence-electron chi connectivity index (χ0n) is 11.8. The van der Waals surface area contributed by atoms with E-state index < -0.39 is 0 Å². The molecule has 0 radical (unpaired) electrons. The summed E-state index contributed by atoms with van der Waals surface area (Å²) in [5.41, 5.74) is 4.15. The van der Waals surface area contributed by atoms with Crippen molar-refractivity contribution in [2.75, 3.05) is 13.1 Å². The molecule has 20 heavy (non-hydrogen) atoms. The van der Waals surface area contributed by atoms with E-state index in [9.17, 15) is 4.79 Å². The predicted molar refractivity (Wildman–Crippen MR) is 83.4 cm³/mol. The van der Waals surface area contributed by atoms with E-state index in [1.54, 1.807) is 11.3 Å². The van der Waals surface area contributed by atoms with E-state index in [4.69, 9.17) is 0 Å². The minimum absolute atomic E-state index is 0.127. The number of carbonyl (C=O) groups is 1. The number of aryl methyl sites for hydroxylation is 1. The average Bonchev–Trinajstić information content (AvgIpc) is 3.12. The molecule has 0 saturated carbocycles. The molecule has 0 unspecified atom stereocenters. The Morgan fingerprint density at radius 2 is 2.00 bits per heavy atom. The number of rotatable bonds is 4. The normalized spacial score (nSPS) is 15.7. The van der Waals surface area contributed by atoms with Crippen LogP contribution in [0.1, 0.15) is 39.9 Å². The van der Waals surface area contributed by atoms with Gasteiger partial charge in [-0.3, -0.25) is 9.69 Å². The van der Waals surface area contributed by atoms with Gasteiger partial charge in [0.1, 0.15) is 0 Å². The van der Waals surface area contributed by atoms with E-state index in [0.717, 1.165) is 17.7 Å². The number of thiophene rings is 1. The highest BCUT2D eigenvalue weighted by Crippen LogP contribution is 2.19. The summed E-state index contributed by atoms with van der Waals surface area (Å²) in [6, 6.07) is 8.01. The minimum atomic E-state index is 0.127. The molecule has 1 aliphatic rings. The Labute approximate surface area is 124 Å². The fourth-order valence-corrected chi connectivity index (χ4v) is 3.39. The van der Waals surface area contributed by atoms with Crippen molar-refractivity contribution in [1.82, 2.24) is 4.90 Å². The van der Waals surface area contributed by atoms with Gasteiger partial charge in [0.15, 0.2) is 5.78 Å². The third kappa shape index (κ3) is 2.84. The number of hydrogen-bond donors (Lipinski definition) is 0. The Bertz CT molecular complexity index is 597. The van der Waals surface area contributed by atoms with Crippen LogP contribution in [-0.2, 0) is 6.54 Å². The molecule has 2 aromatic rings. The number of benzene rings is 1. The number of hydrogen-bond acceptors (Lipinski definition) is 3. The molecule has 1 aliphatic heterocycles. The molecule has 0 spiro atoms. The molecule has 3 rings (SSSR count). The van der Waals surface area contributed by atoms with Gasteiger partial charge >= 0.3 is 0 Å². The summed E-state index contributed by atoms with van der Waals surface area (Å²) < 4.78 is 0. The Kier molecular flexibility index (Phi) is 3.99. The zero-order valence-corrected chi connectivity index (χ0v) is 12.6. The van der Waals surface area contributed by atoms with E-state index in [1.807, 2.05) is 29.0 Å². The van der Waals surface area contributed by atoms with Crippen molar-refractivity contribution in [2.24, 2.45) is 0 Å². The fourth-order valence-electron chi connectivity index (χ4n) is 2.76. The third-order valence-corrected chi connectivity index (χ3v) is 4.66. The molecular weight excluding hydrogens is 266 g/mol. The molecule has 0 amide bonds. The zero-order chi connectivity index (χ0) is 13.9. The van der Waals surface area contributed by atoms with Crippen LogP contribution in [0.15, 0.2) is 35.0 Å². The van der Waals surface area contributed by atoms with Crippen LogP contribution in [-0.4, -0.2) is 23.8 Å². The summed E-state index contributed by atoms with van der Waals surface area (Å²) in [6.07, 6.45) is 2.63. The highest BCUT2D eigenvalue weighted by atomic mass is 32.1. The lowest BCUT2D eigenvalue weighted by molar-refractivity contribution is 0.103. The number of nitrogens with zero attached hydrogens (tertiary/aromatic N) is 1. The maximum Gasteiger partial charge on any atom is 0.193 e. The van der Waals surface area contributed by atoms with E-state index in [2.05, 4.69) is 17.9 Å².